The minimum atomic E-state index is -0.0389. The predicted octanol–water partition coefficient (Wildman–Crippen LogP) is 36.6. The highest BCUT2D eigenvalue weighted by molar-refractivity contribution is 6.26. The second-order valence-corrected chi connectivity index (χ2v) is 45.8. The molecule has 0 aliphatic heterocycles. The maximum atomic E-state index is 2.59. The molecule has 20 aromatic carbocycles. The van der Waals surface area contributed by atoms with E-state index in [4.69, 9.17) is 0 Å². The number of hydrogen-bond donors (Lipinski definition) is 0. The van der Waals surface area contributed by atoms with Crippen molar-refractivity contribution in [1.82, 2.24) is 0 Å². The van der Waals surface area contributed by atoms with Crippen molar-refractivity contribution in [2.75, 3.05) is 0 Å². The highest BCUT2D eigenvalue weighted by Gasteiger charge is 2.65. The molecule has 0 saturated heterocycles. The molecule has 0 atom stereocenters. The molecule has 12 fully saturated rings. The molecular weight excluding hydrogens is 1670 g/mol. The average molecular weight is 1780 g/mol. The zero-order chi connectivity index (χ0) is 91.0. The summed E-state index contributed by atoms with van der Waals surface area (Å²) in [7, 11) is 0. The van der Waals surface area contributed by atoms with Gasteiger partial charge in [0, 0.05) is 21.7 Å². The third-order valence-electron chi connectivity index (χ3n) is 39.3. The monoisotopic (exact) mass is 1780 g/mol. The number of rotatable bonds is 6. The Labute approximate surface area is 816 Å². The van der Waals surface area contributed by atoms with Gasteiger partial charge in [-0.25, -0.2) is 0 Å². The van der Waals surface area contributed by atoms with E-state index in [1.54, 1.807) is 33.4 Å². The van der Waals surface area contributed by atoms with Crippen LogP contribution in [0.25, 0.3) is 187 Å². The normalized spacial score (nSPS) is 25.9. The molecule has 3 spiro atoms. The molecular formula is C139H112. The van der Waals surface area contributed by atoms with Gasteiger partial charge in [0.15, 0.2) is 0 Å². The van der Waals surface area contributed by atoms with Crippen LogP contribution < -0.4 is 0 Å². The molecule has 0 heterocycles. The minimum Gasteiger partial charge on any atom is -0.0622 e. The van der Waals surface area contributed by atoms with E-state index in [9.17, 15) is 0 Å². The predicted molar refractivity (Wildman–Crippen MR) is 582 cm³/mol. The molecule has 0 nitrogen and oxygen atoms in total. The summed E-state index contributed by atoms with van der Waals surface area (Å²) < 4.78 is 0. The zero-order valence-corrected chi connectivity index (χ0v) is 79.5. The molecule has 0 amide bonds. The summed E-state index contributed by atoms with van der Waals surface area (Å²) in [5.41, 5.74) is 41.0. The summed E-state index contributed by atoms with van der Waals surface area (Å²) >= 11 is 0. The van der Waals surface area contributed by atoms with E-state index in [1.807, 2.05) is 0 Å². The van der Waals surface area contributed by atoms with Gasteiger partial charge in [0.1, 0.15) is 0 Å². The maximum absolute atomic E-state index is 2.59. The van der Waals surface area contributed by atoms with Crippen molar-refractivity contribution in [2.24, 2.45) is 71.0 Å². The third kappa shape index (κ3) is 11.1. The minimum absolute atomic E-state index is 0.0389. The van der Waals surface area contributed by atoms with Crippen LogP contribution in [0.2, 0.25) is 0 Å². The summed E-state index contributed by atoms with van der Waals surface area (Å²) in [5, 5.41) is 18.6. The standard InChI is InChI=1S/C51H42.C46H36.C42H34/c1-50(2)44-17-9-7-11-36(44)38-21-19-33(29-47(38)50)49-41-15-5-3-13-39(41)48(40-14-4-6-16-42(40)49)32-20-22-46-43(28-32)37-12-8-10-18-45(37)51(46)34-24-30-23-31(26-34)27-35(51)25-30;1-2-12-34-30(10-1)11-9-18-36(34)45-39-16-5-3-14-37(39)44(38-15-4-6-17-40(38)45)31-20-21-43-41(27-31)35-13-7-8-19-42(35)46(43)32-23-28-22-29(25-32)26-33(46)24-28;1-2-10-28(11-3-1)40-33-13-4-6-15-35(33)41(36-16-7-5-14-34(36)40)29-18-19-39-37(25-29)32-12-8-9-17-38(32)42(39)30-21-26-20-27(23-30)24-31(42)22-26/h3-22,28-31,34-35H,23-27H2,1-2H3;1-21,27-29,32-33H,22-26H2;1-19,25-27,30-31H,20-24H2. The molecule has 12 saturated carbocycles. The Balaban J connectivity index is 0.0000000968. The van der Waals surface area contributed by atoms with Crippen LogP contribution in [0.3, 0.4) is 0 Å². The van der Waals surface area contributed by atoms with Crippen LogP contribution in [0.15, 0.2) is 388 Å². The number of hydrogen-bond acceptors (Lipinski definition) is 0. The van der Waals surface area contributed by atoms with Crippen molar-refractivity contribution in [1.29, 1.82) is 0 Å². The van der Waals surface area contributed by atoms with Crippen LogP contribution in [-0.4, -0.2) is 0 Å². The van der Waals surface area contributed by atoms with Crippen molar-refractivity contribution in [3.05, 3.63) is 433 Å². The highest BCUT2D eigenvalue weighted by Crippen LogP contribution is 2.74. The Hall–Kier alpha value is -13.8. The molecule has 139 heavy (non-hydrogen) atoms. The second-order valence-electron chi connectivity index (χ2n) is 45.8. The summed E-state index contributed by atoms with van der Waals surface area (Å²) in [6.45, 7) is 4.78. The van der Waals surface area contributed by atoms with Crippen molar-refractivity contribution in [2.45, 2.75) is 132 Å². The summed E-state index contributed by atoms with van der Waals surface area (Å²) in [5.74, 6) is 10.5. The van der Waals surface area contributed by atoms with Gasteiger partial charge < -0.3 is 0 Å². The lowest BCUT2D eigenvalue weighted by Crippen LogP contribution is -2.55. The lowest BCUT2D eigenvalue weighted by atomic mass is 9.43. The van der Waals surface area contributed by atoms with Gasteiger partial charge in [-0.1, -0.05) is 378 Å². The van der Waals surface area contributed by atoms with E-state index in [0.29, 0.717) is 0 Å². The Bertz CT molecular complexity index is 8390. The van der Waals surface area contributed by atoms with Crippen LogP contribution in [0.5, 0.6) is 0 Å². The maximum Gasteiger partial charge on any atom is 0.0271 e. The van der Waals surface area contributed by atoms with Crippen molar-refractivity contribution < 1.29 is 0 Å². The van der Waals surface area contributed by atoms with Gasteiger partial charge in [-0.15, -0.1) is 0 Å². The molecule has 0 aromatic heterocycles. The van der Waals surface area contributed by atoms with E-state index in [2.05, 4.69) is 402 Å². The van der Waals surface area contributed by atoms with Crippen LogP contribution in [0, 0.1) is 71.0 Å². The van der Waals surface area contributed by atoms with Gasteiger partial charge in [0.25, 0.3) is 0 Å². The molecule has 0 N–H and O–H groups in total. The largest absolute Gasteiger partial charge is 0.0622 e. The molecule has 0 radical (unpaired) electrons. The second kappa shape index (κ2) is 29.9. The third-order valence-corrected chi connectivity index (χ3v) is 39.3. The summed E-state index contributed by atoms with van der Waals surface area (Å²) in [4.78, 5) is 0. The lowest BCUT2D eigenvalue weighted by Gasteiger charge is -2.61. The Morgan fingerprint density at radius 3 is 0.719 bits per heavy atom. The lowest BCUT2D eigenvalue weighted by molar-refractivity contribution is -0.0399. The van der Waals surface area contributed by atoms with Crippen LogP contribution >= 0.6 is 0 Å². The fourth-order valence-electron chi connectivity index (χ4n) is 35.1. The van der Waals surface area contributed by atoms with Crippen molar-refractivity contribution in [3.8, 4) is 111 Å². The van der Waals surface area contributed by atoms with Gasteiger partial charge in [-0.3, -0.25) is 0 Å². The number of benzene rings is 20. The first-order chi connectivity index (χ1) is 68.6. The van der Waals surface area contributed by atoms with Crippen LogP contribution in [0.1, 0.15) is 155 Å². The molecule has 668 valence electrons. The zero-order valence-electron chi connectivity index (χ0n) is 79.5. The smallest absolute Gasteiger partial charge is 0.0271 e. The fourth-order valence-corrected chi connectivity index (χ4v) is 35.1. The first-order valence-electron chi connectivity index (χ1n) is 52.9. The van der Waals surface area contributed by atoms with E-state index in [0.717, 1.165) is 71.0 Å². The first-order valence-corrected chi connectivity index (χ1v) is 52.9. The van der Waals surface area contributed by atoms with Gasteiger partial charge in [0.2, 0.25) is 0 Å². The fraction of sp³-hybridized carbons (Fsp3) is 0.237. The van der Waals surface area contributed by atoms with Crippen LogP contribution in [0.4, 0.5) is 0 Å². The molecule has 16 aliphatic carbocycles. The Morgan fingerprint density at radius 1 is 0.151 bits per heavy atom. The van der Waals surface area contributed by atoms with Gasteiger partial charge >= 0.3 is 0 Å². The van der Waals surface area contributed by atoms with Crippen molar-refractivity contribution >= 4 is 75.4 Å². The Kier molecular flexibility index (Phi) is 17.2. The Morgan fingerprint density at radius 2 is 0.381 bits per heavy atom. The van der Waals surface area contributed by atoms with E-state index >= 15 is 0 Å². The summed E-state index contributed by atoms with van der Waals surface area (Å²) in [6.07, 6.45) is 21.6. The molecule has 36 rings (SSSR count). The highest BCUT2D eigenvalue weighted by atomic mass is 14.7. The molecule has 0 unspecified atom stereocenters. The van der Waals surface area contributed by atoms with Gasteiger partial charge in [0.05, 0.1) is 0 Å². The number of fused-ring (bicyclic) bond motifs is 19. The topological polar surface area (TPSA) is 0 Å². The molecule has 20 aromatic rings. The molecule has 0 heteroatoms. The first kappa shape index (κ1) is 80.2. The summed E-state index contributed by atoms with van der Waals surface area (Å²) in [6, 6.07) is 149. The molecule has 16 aliphatic rings. The van der Waals surface area contributed by atoms with Gasteiger partial charge in [-0.05, 0) is 423 Å². The van der Waals surface area contributed by atoms with E-state index in [-0.39, 0.29) is 21.7 Å². The average Bonchev–Trinajstić information content (AvgIpc) is 1.53. The van der Waals surface area contributed by atoms with Crippen LogP contribution in [-0.2, 0) is 21.7 Å². The van der Waals surface area contributed by atoms with Crippen molar-refractivity contribution in [3.63, 3.8) is 0 Å². The quantitative estimate of drug-likeness (QED) is 0.146. The SMILES string of the molecule is CC1(C)c2ccccc2-c2ccc(-c3c4ccccc4c(-c4ccc5c(c4)-c4ccccc4C54C5CC6CC(C5)CC4C6)c4ccccc34)cc21.c1ccc(-c2c3ccccc3c(-c3ccc4c(c3)-c3ccccc3C43C4CC5CC(C4)CC3C5)c3ccccc23)cc1.c1ccc2c(c1)-c1cc(-c3c4ccccc4c(-c4cccc5ccccc45)c4ccccc34)ccc1C21C2CC3CC(C2)CC1C3. The van der Waals surface area contributed by atoms with Gasteiger partial charge in [-0.2, -0.15) is 0 Å². The molecule has 12 bridgehead atoms. The van der Waals surface area contributed by atoms with E-state index < -0.39 is 0 Å². The van der Waals surface area contributed by atoms with E-state index in [1.165, 1.54) is 294 Å².